The molecule has 5 nitrogen and oxygen atoms in total. The molecule has 29 heavy (non-hydrogen) atoms. The van der Waals surface area contributed by atoms with E-state index in [9.17, 15) is 4.79 Å². The van der Waals surface area contributed by atoms with Gasteiger partial charge in [-0.3, -0.25) is 10.2 Å². The first-order valence-electron chi connectivity index (χ1n) is 10.2. The number of rotatable bonds is 5. The van der Waals surface area contributed by atoms with Gasteiger partial charge in [0.15, 0.2) is 0 Å². The monoisotopic (exact) mass is 432 g/mol. The zero-order valence-corrected chi connectivity index (χ0v) is 17.9. The number of halogens is 2. The van der Waals surface area contributed by atoms with Crippen LogP contribution in [0.3, 0.4) is 0 Å². The third-order valence-corrected chi connectivity index (χ3v) is 6.09. The van der Waals surface area contributed by atoms with Crippen molar-refractivity contribution in [2.75, 3.05) is 31.2 Å². The van der Waals surface area contributed by atoms with Crippen molar-refractivity contribution in [2.24, 2.45) is 5.92 Å². The maximum atomic E-state index is 13.0. The van der Waals surface area contributed by atoms with Gasteiger partial charge in [-0.15, -0.1) is 0 Å². The second kappa shape index (κ2) is 9.35. The second-order valence-electron chi connectivity index (χ2n) is 7.73. The Balaban J connectivity index is 1.52. The van der Waals surface area contributed by atoms with E-state index in [1.807, 2.05) is 30.3 Å². The van der Waals surface area contributed by atoms with Crippen LogP contribution in [0.4, 0.5) is 5.69 Å². The van der Waals surface area contributed by atoms with Gasteiger partial charge in [0, 0.05) is 37.7 Å². The molecule has 0 aliphatic carbocycles. The van der Waals surface area contributed by atoms with Gasteiger partial charge in [0.1, 0.15) is 0 Å². The summed E-state index contributed by atoms with van der Waals surface area (Å²) >= 11 is 12.6. The smallest absolute Gasteiger partial charge is 0.240 e. The number of hydrazine groups is 2. The third-order valence-electron chi connectivity index (χ3n) is 5.56. The Hall–Kier alpha value is -1.79. The molecule has 1 amide bonds. The topological polar surface area (TPSA) is 38.8 Å². The lowest BCUT2D eigenvalue weighted by atomic mass is 10.1. The molecule has 2 aromatic rings. The lowest BCUT2D eigenvalue weighted by Gasteiger charge is -2.30. The van der Waals surface area contributed by atoms with Gasteiger partial charge in [0.25, 0.3) is 0 Å². The summed E-state index contributed by atoms with van der Waals surface area (Å²) < 4.78 is 0. The molecule has 7 heteroatoms. The Morgan fingerprint density at radius 3 is 2.48 bits per heavy atom. The highest BCUT2D eigenvalue weighted by atomic mass is 35.5. The molecule has 1 N–H and O–H groups in total. The fraction of sp³-hybridized carbons (Fsp3) is 0.409. The fourth-order valence-corrected chi connectivity index (χ4v) is 4.55. The van der Waals surface area contributed by atoms with Gasteiger partial charge in [-0.25, -0.2) is 10.0 Å². The first-order valence-corrected chi connectivity index (χ1v) is 10.9. The summed E-state index contributed by atoms with van der Waals surface area (Å²) in [4.78, 5) is 13.0. The van der Waals surface area contributed by atoms with Gasteiger partial charge < -0.3 is 5.01 Å². The molecular formula is C22H26Cl2N4O. The van der Waals surface area contributed by atoms with E-state index in [0.717, 1.165) is 31.6 Å². The summed E-state index contributed by atoms with van der Waals surface area (Å²) in [6.07, 6.45) is 3.51. The highest BCUT2D eigenvalue weighted by Crippen LogP contribution is 2.34. The number of hydrogen-bond donors (Lipinski definition) is 1. The van der Waals surface area contributed by atoms with E-state index in [2.05, 4.69) is 32.6 Å². The van der Waals surface area contributed by atoms with Crippen LogP contribution in [0.5, 0.6) is 0 Å². The Morgan fingerprint density at radius 2 is 1.76 bits per heavy atom. The zero-order chi connectivity index (χ0) is 20.2. The minimum absolute atomic E-state index is 0.0811. The fourth-order valence-electron chi connectivity index (χ4n) is 4.04. The van der Waals surface area contributed by atoms with Crippen LogP contribution in [0.15, 0.2) is 48.5 Å². The summed E-state index contributed by atoms with van der Waals surface area (Å²) in [5.74, 6) is -0.0510. The van der Waals surface area contributed by atoms with Crippen LogP contribution >= 0.6 is 23.2 Å². The molecule has 2 aliphatic heterocycles. The lowest BCUT2D eigenvalue weighted by Crippen LogP contribution is -2.48. The maximum Gasteiger partial charge on any atom is 0.240 e. The largest absolute Gasteiger partial charge is 0.303 e. The third kappa shape index (κ3) is 5.04. The van der Waals surface area contributed by atoms with Crippen molar-refractivity contribution in [1.29, 1.82) is 0 Å². The van der Waals surface area contributed by atoms with Crippen LogP contribution in [0.2, 0.25) is 10.0 Å². The van der Waals surface area contributed by atoms with E-state index in [1.165, 1.54) is 12.0 Å². The number of benzene rings is 2. The van der Waals surface area contributed by atoms with Gasteiger partial charge in [-0.05, 0) is 36.6 Å². The van der Waals surface area contributed by atoms with Crippen molar-refractivity contribution in [3.8, 4) is 0 Å². The van der Waals surface area contributed by atoms with Gasteiger partial charge >= 0.3 is 0 Å². The molecule has 0 bridgehead atoms. The molecule has 0 spiro atoms. The van der Waals surface area contributed by atoms with Crippen LogP contribution in [-0.2, 0) is 11.3 Å². The summed E-state index contributed by atoms with van der Waals surface area (Å²) in [5.41, 5.74) is 5.20. The lowest BCUT2D eigenvalue weighted by molar-refractivity contribution is -0.129. The van der Waals surface area contributed by atoms with Crippen molar-refractivity contribution in [1.82, 2.24) is 15.4 Å². The minimum Gasteiger partial charge on any atom is -0.303 e. The molecule has 4 rings (SSSR count). The van der Waals surface area contributed by atoms with E-state index in [1.54, 1.807) is 6.07 Å². The van der Waals surface area contributed by atoms with Crippen LogP contribution in [0, 0.1) is 5.92 Å². The Labute approximate surface area is 182 Å². The molecule has 0 aromatic heterocycles. The summed E-state index contributed by atoms with van der Waals surface area (Å²) in [6.45, 7) is 3.81. The predicted octanol–water partition coefficient (Wildman–Crippen LogP) is 4.36. The van der Waals surface area contributed by atoms with Gasteiger partial charge in [0.2, 0.25) is 5.91 Å². The Bertz CT molecular complexity index is 842. The molecule has 2 fully saturated rings. The van der Waals surface area contributed by atoms with Crippen LogP contribution in [0.1, 0.15) is 24.8 Å². The number of amides is 1. The van der Waals surface area contributed by atoms with Crippen LogP contribution < -0.4 is 10.4 Å². The molecule has 2 heterocycles. The number of nitrogens with zero attached hydrogens (tertiary/aromatic N) is 3. The predicted molar refractivity (Wildman–Crippen MR) is 118 cm³/mol. The average Bonchev–Trinajstić information content (AvgIpc) is 3.13. The quantitative estimate of drug-likeness (QED) is 0.761. The van der Waals surface area contributed by atoms with E-state index in [0.29, 0.717) is 29.7 Å². The minimum atomic E-state index is -0.132. The maximum absolute atomic E-state index is 13.0. The normalized spacial score (nSPS) is 20.8. The van der Waals surface area contributed by atoms with Crippen molar-refractivity contribution < 1.29 is 4.79 Å². The van der Waals surface area contributed by atoms with Crippen LogP contribution in [0.25, 0.3) is 0 Å². The second-order valence-corrected chi connectivity index (χ2v) is 8.57. The number of hydrogen-bond acceptors (Lipinski definition) is 4. The number of piperidine rings is 1. The standard InChI is InChI=1S/C22H26Cl2N4O/c23-19-9-10-21(20(24)13-19)28-16-18(22(29)25-26-11-5-2-6-12-26)15-27(28)14-17-7-3-1-4-8-17/h1,3-4,7-10,13,18H,2,5-6,11-12,14-16H2,(H,25,29). The molecular weight excluding hydrogens is 407 g/mol. The van der Waals surface area contributed by atoms with Crippen molar-refractivity contribution >= 4 is 34.8 Å². The molecule has 0 saturated carbocycles. The summed E-state index contributed by atoms with van der Waals surface area (Å²) in [6, 6.07) is 15.8. The molecule has 154 valence electrons. The zero-order valence-electron chi connectivity index (χ0n) is 16.4. The summed E-state index contributed by atoms with van der Waals surface area (Å²) in [5, 5.41) is 7.57. The highest BCUT2D eigenvalue weighted by Gasteiger charge is 2.36. The van der Waals surface area contributed by atoms with Crippen molar-refractivity contribution in [3.05, 3.63) is 64.1 Å². The molecule has 2 aliphatic rings. The first kappa shape index (κ1) is 20.5. The van der Waals surface area contributed by atoms with E-state index in [-0.39, 0.29) is 11.8 Å². The van der Waals surface area contributed by atoms with Gasteiger partial charge in [0.05, 0.1) is 16.6 Å². The van der Waals surface area contributed by atoms with Crippen molar-refractivity contribution in [3.63, 3.8) is 0 Å². The van der Waals surface area contributed by atoms with Gasteiger partial charge in [-0.2, -0.15) is 0 Å². The van der Waals surface area contributed by atoms with Crippen LogP contribution in [-0.4, -0.2) is 42.1 Å². The highest BCUT2D eigenvalue weighted by molar-refractivity contribution is 6.36. The van der Waals surface area contributed by atoms with E-state index < -0.39 is 0 Å². The number of carbonyl (C=O) groups is 1. The van der Waals surface area contributed by atoms with Crippen molar-refractivity contribution in [2.45, 2.75) is 25.8 Å². The number of anilines is 1. The number of carbonyl (C=O) groups excluding carboxylic acids is 1. The summed E-state index contributed by atoms with van der Waals surface area (Å²) in [7, 11) is 0. The average molecular weight is 433 g/mol. The molecule has 2 saturated heterocycles. The molecule has 2 aromatic carbocycles. The molecule has 1 atom stereocenters. The SMILES string of the molecule is O=C(NN1CCCCC1)C1CN(Cc2ccccc2)N(c2ccc(Cl)cc2Cl)C1. The Kier molecular flexibility index (Phi) is 6.60. The van der Waals surface area contributed by atoms with Gasteiger partial charge in [-0.1, -0.05) is 60.0 Å². The molecule has 1 unspecified atom stereocenters. The van der Waals surface area contributed by atoms with E-state index >= 15 is 0 Å². The Morgan fingerprint density at radius 1 is 1.00 bits per heavy atom. The van der Waals surface area contributed by atoms with E-state index in [4.69, 9.17) is 23.2 Å². The molecule has 0 radical (unpaired) electrons. The number of nitrogens with one attached hydrogen (secondary N) is 1. The first-order chi connectivity index (χ1) is 14.1.